The minimum atomic E-state index is 0.404. The van der Waals surface area contributed by atoms with Crippen molar-refractivity contribution in [2.24, 2.45) is 5.73 Å². The van der Waals surface area contributed by atoms with Crippen LogP contribution < -0.4 is 5.73 Å². The van der Waals surface area contributed by atoms with E-state index in [2.05, 4.69) is 18.7 Å². The molecule has 10 heavy (non-hydrogen) atoms. The summed E-state index contributed by atoms with van der Waals surface area (Å²) in [6.07, 6.45) is 5.39. The maximum Gasteiger partial charge on any atom is 0.00479 e. The monoisotopic (exact) mass is 159 g/mol. The van der Waals surface area contributed by atoms with Crippen LogP contribution in [-0.2, 0) is 0 Å². The van der Waals surface area contributed by atoms with Crippen LogP contribution in [0.5, 0.6) is 0 Å². The zero-order valence-electron chi connectivity index (χ0n) is 6.68. The van der Waals surface area contributed by atoms with Crippen molar-refractivity contribution in [3.63, 3.8) is 0 Å². The Labute approximate surface area is 67.8 Å². The van der Waals surface area contributed by atoms with Crippen molar-refractivity contribution < 1.29 is 0 Å². The van der Waals surface area contributed by atoms with Gasteiger partial charge in [-0.25, -0.2) is 0 Å². The van der Waals surface area contributed by atoms with E-state index in [-0.39, 0.29) is 0 Å². The van der Waals surface area contributed by atoms with Gasteiger partial charge in [0.05, 0.1) is 0 Å². The van der Waals surface area contributed by atoms with Crippen molar-refractivity contribution in [2.75, 3.05) is 5.75 Å². The molecule has 0 aromatic carbocycles. The highest BCUT2D eigenvalue weighted by Crippen LogP contribution is 2.29. The van der Waals surface area contributed by atoms with Gasteiger partial charge in [-0.3, -0.25) is 0 Å². The smallest absolute Gasteiger partial charge is 0.00479 e. The Balaban J connectivity index is 2.01. The van der Waals surface area contributed by atoms with Crippen LogP contribution in [0.4, 0.5) is 0 Å². The van der Waals surface area contributed by atoms with Crippen LogP contribution in [-0.4, -0.2) is 17.0 Å². The third kappa shape index (κ3) is 2.93. The second-order valence-corrected chi connectivity index (χ2v) is 4.60. The largest absolute Gasteiger partial charge is 0.328 e. The first kappa shape index (κ1) is 8.41. The van der Waals surface area contributed by atoms with E-state index in [4.69, 9.17) is 5.73 Å². The van der Waals surface area contributed by atoms with E-state index in [0.717, 1.165) is 5.25 Å². The summed E-state index contributed by atoms with van der Waals surface area (Å²) >= 11 is 2.13. The predicted molar refractivity (Wildman–Crippen MR) is 48.4 cm³/mol. The maximum absolute atomic E-state index is 5.66. The third-order valence-corrected chi connectivity index (χ3v) is 3.44. The van der Waals surface area contributed by atoms with E-state index in [0.29, 0.717) is 6.04 Å². The predicted octanol–water partition coefficient (Wildman–Crippen LogP) is 2.01. The Hall–Kier alpha value is 0.310. The molecule has 1 rings (SSSR count). The van der Waals surface area contributed by atoms with Crippen LogP contribution in [0.25, 0.3) is 0 Å². The first-order valence-electron chi connectivity index (χ1n) is 4.16. The number of nitrogens with two attached hydrogens (primary N) is 1. The fourth-order valence-corrected chi connectivity index (χ4v) is 2.62. The van der Waals surface area contributed by atoms with Crippen LogP contribution in [0.1, 0.15) is 32.6 Å². The van der Waals surface area contributed by atoms with E-state index >= 15 is 0 Å². The maximum atomic E-state index is 5.66. The van der Waals surface area contributed by atoms with Crippen molar-refractivity contribution in [1.82, 2.24) is 0 Å². The van der Waals surface area contributed by atoms with Crippen molar-refractivity contribution in [2.45, 2.75) is 43.9 Å². The van der Waals surface area contributed by atoms with E-state index in [9.17, 15) is 0 Å². The highest BCUT2D eigenvalue weighted by Gasteiger charge is 2.14. The lowest BCUT2D eigenvalue weighted by Crippen LogP contribution is -2.16. The summed E-state index contributed by atoms with van der Waals surface area (Å²) in [6, 6.07) is 0.404. The fraction of sp³-hybridized carbons (Fsp3) is 1.00. The molecular formula is C8H17NS. The molecule has 0 aliphatic carbocycles. The van der Waals surface area contributed by atoms with Crippen LogP contribution in [0.2, 0.25) is 0 Å². The average molecular weight is 159 g/mol. The van der Waals surface area contributed by atoms with Crippen LogP contribution in [0.15, 0.2) is 0 Å². The van der Waals surface area contributed by atoms with Gasteiger partial charge >= 0.3 is 0 Å². The SMILES string of the molecule is C[C@@H](N)CCC1CCCS1. The Bertz CT molecular complexity index is 87.3. The van der Waals surface area contributed by atoms with Gasteiger partial charge in [0.1, 0.15) is 0 Å². The summed E-state index contributed by atoms with van der Waals surface area (Å²) in [5, 5.41) is 0.936. The second-order valence-electron chi connectivity index (χ2n) is 3.19. The zero-order valence-corrected chi connectivity index (χ0v) is 7.49. The second kappa shape index (κ2) is 4.24. The lowest BCUT2D eigenvalue weighted by atomic mass is 10.1. The van der Waals surface area contributed by atoms with Gasteiger partial charge in [0.25, 0.3) is 0 Å². The normalized spacial score (nSPS) is 28.8. The Kier molecular flexibility index (Phi) is 3.57. The number of hydrogen-bond donors (Lipinski definition) is 1. The summed E-state index contributed by atoms with van der Waals surface area (Å²) in [5.74, 6) is 1.38. The zero-order chi connectivity index (χ0) is 7.40. The van der Waals surface area contributed by atoms with E-state index in [1.165, 1.54) is 31.4 Å². The molecule has 60 valence electrons. The summed E-state index contributed by atoms with van der Waals surface area (Å²) in [7, 11) is 0. The quantitative estimate of drug-likeness (QED) is 0.681. The van der Waals surface area contributed by atoms with Gasteiger partial charge in [-0.05, 0) is 38.4 Å². The lowest BCUT2D eigenvalue weighted by Gasteiger charge is -2.09. The molecule has 1 unspecified atom stereocenters. The molecule has 2 heteroatoms. The van der Waals surface area contributed by atoms with Gasteiger partial charge in [-0.1, -0.05) is 0 Å². The van der Waals surface area contributed by atoms with Crippen molar-refractivity contribution in [3.8, 4) is 0 Å². The molecule has 0 radical (unpaired) electrons. The molecule has 1 aliphatic rings. The first-order chi connectivity index (χ1) is 4.79. The topological polar surface area (TPSA) is 26.0 Å². The van der Waals surface area contributed by atoms with Gasteiger partial charge < -0.3 is 5.73 Å². The molecule has 1 nitrogen and oxygen atoms in total. The van der Waals surface area contributed by atoms with Crippen molar-refractivity contribution >= 4 is 11.8 Å². The number of thioether (sulfide) groups is 1. The molecule has 2 atom stereocenters. The van der Waals surface area contributed by atoms with Crippen LogP contribution in [0, 0.1) is 0 Å². The van der Waals surface area contributed by atoms with E-state index < -0.39 is 0 Å². The van der Waals surface area contributed by atoms with Gasteiger partial charge in [0.2, 0.25) is 0 Å². The molecule has 0 saturated carbocycles. The minimum absolute atomic E-state index is 0.404. The molecule has 0 spiro atoms. The van der Waals surface area contributed by atoms with Gasteiger partial charge in [0, 0.05) is 11.3 Å². The molecule has 1 fully saturated rings. The van der Waals surface area contributed by atoms with Gasteiger partial charge in [-0.2, -0.15) is 11.8 Å². The molecule has 0 bridgehead atoms. The third-order valence-electron chi connectivity index (χ3n) is 1.97. The van der Waals surface area contributed by atoms with Crippen LogP contribution >= 0.6 is 11.8 Å². The molecule has 0 aromatic rings. The summed E-state index contributed by atoms with van der Waals surface area (Å²) in [6.45, 7) is 2.10. The van der Waals surface area contributed by atoms with Crippen molar-refractivity contribution in [3.05, 3.63) is 0 Å². The Morgan fingerprint density at radius 3 is 3.00 bits per heavy atom. The average Bonchev–Trinajstić information content (AvgIpc) is 2.34. The summed E-state index contributed by atoms with van der Waals surface area (Å²) in [5.41, 5.74) is 5.66. The standard InChI is InChI=1S/C8H17NS/c1-7(9)4-5-8-3-2-6-10-8/h7-8H,2-6,9H2,1H3/t7-,8?/m1/s1. The molecule has 1 saturated heterocycles. The molecular weight excluding hydrogens is 142 g/mol. The van der Waals surface area contributed by atoms with Crippen LogP contribution in [0.3, 0.4) is 0 Å². The Morgan fingerprint density at radius 1 is 1.70 bits per heavy atom. The highest BCUT2D eigenvalue weighted by molar-refractivity contribution is 8.00. The highest BCUT2D eigenvalue weighted by atomic mass is 32.2. The molecule has 0 amide bonds. The fourth-order valence-electron chi connectivity index (χ4n) is 1.32. The first-order valence-corrected chi connectivity index (χ1v) is 5.21. The summed E-state index contributed by atoms with van der Waals surface area (Å²) < 4.78 is 0. The summed E-state index contributed by atoms with van der Waals surface area (Å²) in [4.78, 5) is 0. The molecule has 2 N–H and O–H groups in total. The van der Waals surface area contributed by atoms with Crippen molar-refractivity contribution in [1.29, 1.82) is 0 Å². The molecule has 1 aliphatic heterocycles. The Morgan fingerprint density at radius 2 is 2.50 bits per heavy atom. The van der Waals surface area contributed by atoms with E-state index in [1.807, 2.05) is 0 Å². The minimum Gasteiger partial charge on any atom is -0.328 e. The lowest BCUT2D eigenvalue weighted by molar-refractivity contribution is 0.597. The number of hydrogen-bond acceptors (Lipinski definition) is 2. The molecule has 1 heterocycles. The van der Waals surface area contributed by atoms with Gasteiger partial charge in [0.15, 0.2) is 0 Å². The van der Waals surface area contributed by atoms with E-state index in [1.54, 1.807) is 0 Å². The molecule has 0 aromatic heterocycles. The number of rotatable bonds is 3. The van der Waals surface area contributed by atoms with Gasteiger partial charge in [-0.15, -0.1) is 0 Å².